The highest BCUT2D eigenvalue weighted by atomic mass is 16.5. The van der Waals surface area contributed by atoms with E-state index in [0.29, 0.717) is 24.4 Å². The second-order valence-corrected chi connectivity index (χ2v) is 5.45. The van der Waals surface area contributed by atoms with Crippen LogP contribution >= 0.6 is 0 Å². The van der Waals surface area contributed by atoms with Gasteiger partial charge in [-0.25, -0.2) is 9.97 Å². The van der Waals surface area contributed by atoms with Crippen LogP contribution in [-0.2, 0) is 4.79 Å². The van der Waals surface area contributed by atoms with Gasteiger partial charge in [-0.1, -0.05) is 0 Å². The molecule has 0 spiro atoms. The predicted octanol–water partition coefficient (Wildman–Crippen LogP) is 1.24. The maximum Gasteiger partial charge on any atom is 0.322 e. The van der Waals surface area contributed by atoms with Crippen molar-refractivity contribution in [2.75, 3.05) is 11.9 Å². The van der Waals surface area contributed by atoms with Crippen LogP contribution in [-0.4, -0.2) is 39.7 Å². The van der Waals surface area contributed by atoms with Crippen molar-refractivity contribution >= 4 is 11.6 Å². The summed E-state index contributed by atoms with van der Waals surface area (Å²) in [6.07, 6.45) is 1.60. The van der Waals surface area contributed by atoms with Crippen LogP contribution in [0.5, 0.6) is 11.8 Å². The number of nitrogens with zero attached hydrogens (tertiary/aromatic N) is 2. The quantitative estimate of drug-likeness (QED) is 0.786. The van der Waals surface area contributed by atoms with Gasteiger partial charge in [0.15, 0.2) is 0 Å². The highest BCUT2D eigenvalue weighted by Gasteiger charge is 2.27. The van der Waals surface area contributed by atoms with Gasteiger partial charge in [0, 0.05) is 24.1 Å². The lowest BCUT2D eigenvalue weighted by atomic mass is 10.2. The van der Waals surface area contributed by atoms with E-state index in [1.165, 1.54) is 0 Å². The van der Waals surface area contributed by atoms with Crippen molar-refractivity contribution in [2.24, 2.45) is 0 Å². The summed E-state index contributed by atoms with van der Waals surface area (Å²) in [5.41, 5.74) is 1.49. The molecule has 2 heterocycles. The third kappa shape index (κ3) is 4.02. The number of aromatic nitrogens is 2. The first kappa shape index (κ1) is 15.4. The molecule has 1 aliphatic heterocycles. The highest BCUT2D eigenvalue weighted by Crippen LogP contribution is 2.20. The molecule has 1 amide bonds. The molecule has 0 aliphatic carbocycles. The van der Waals surface area contributed by atoms with Crippen molar-refractivity contribution < 1.29 is 14.6 Å². The predicted molar refractivity (Wildman–Crippen MR) is 84.3 cm³/mol. The summed E-state index contributed by atoms with van der Waals surface area (Å²) in [6, 6.07) is 8.67. The normalized spacial score (nSPS) is 20.3. The van der Waals surface area contributed by atoms with E-state index in [9.17, 15) is 9.90 Å². The van der Waals surface area contributed by atoms with Crippen LogP contribution in [0.1, 0.15) is 12.1 Å². The van der Waals surface area contributed by atoms with Gasteiger partial charge in [0.2, 0.25) is 5.91 Å². The Kier molecular flexibility index (Phi) is 4.50. The van der Waals surface area contributed by atoms with Gasteiger partial charge in [-0.3, -0.25) is 4.79 Å². The molecule has 1 aliphatic rings. The third-order valence-corrected chi connectivity index (χ3v) is 3.53. The number of anilines is 1. The van der Waals surface area contributed by atoms with E-state index < -0.39 is 6.10 Å². The van der Waals surface area contributed by atoms with Gasteiger partial charge in [0.05, 0.1) is 12.1 Å². The van der Waals surface area contributed by atoms with Crippen LogP contribution in [0.4, 0.5) is 5.69 Å². The van der Waals surface area contributed by atoms with Gasteiger partial charge in [0.1, 0.15) is 5.75 Å². The van der Waals surface area contributed by atoms with Crippen LogP contribution in [0.2, 0.25) is 0 Å². The topological polar surface area (TPSA) is 96.4 Å². The Bertz CT molecular complexity index is 690. The average Bonchev–Trinajstić information content (AvgIpc) is 2.96. The van der Waals surface area contributed by atoms with Crippen LogP contribution in [0, 0.1) is 6.92 Å². The van der Waals surface area contributed by atoms with Gasteiger partial charge in [-0.2, -0.15) is 0 Å². The van der Waals surface area contributed by atoms with Gasteiger partial charge in [-0.05, 0) is 43.7 Å². The molecule has 3 N–H and O–H groups in total. The summed E-state index contributed by atoms with van der Waals surface area (Å²) in [4.78, 5) is 20.2. The van der Waals surface area contributed by atoms with E-state index in [-0.39, 0.29) is 18.0 Å². The number of ether oxygens (including phenoxy) is 1. The number of hydrogen-bond donors (Lipinski definition) is 3. The molecule has 23 heavy (non-hydrogen) atoms. The number of hydrogen-bond acceptors (Lipinski definition) is 6. The summed E-state index contributed by atoms with van der Waals surface area (Å²) in [5, 5.41) is 15.2. The zero-order chi connectivity index (χ0) is 16.2. The van der Waals surface area contributed by atoms with Crippen LogP contribution in [0.3, 0.4) is 0 Å². The lowest BCUT2D eigenvalue weighted by molar-refractivity contribution is -0.117. The molecule has 1 saturated heterocycles. The molecule has 0 radical (unpaired) electrons. The molecule has 2 aromatic rings. The Morgan fingerprint density at radius 2 is 2.13 bits per heavy atom. The van der Waals surface area contributed by atoms with Crippen molar-refractivity contribution in [1.82, 2.24) is 15.3 Å². The largest absolute Gasteiger partial charge is 0.424 e. The number of benzene rings is 1. The first-order valence-corrected chi connectivity index (χ1v) is 7.40. The van der Waals surface area contributed by atoms with E-state index in [1.807, 2.05) is 6.92 Å². The van der Waals surface area contributed by atoms with E-state index in [2.05, 4.69) is 20.6 Å². The Labute approximate surface area is 133 Å². The fourth-order valence-corrected chi connectivity index (χ4v) is 2.33. The van der Waals surface area contributed by atoms with Crippen LogP contribution in [0.15, 0.2) is 36.5 Å². The van der Waals surface area contributed by atoms with E-state index in [1.54, 1.807) is 36.5 Å². The molecule has 2 atom stereocenters. The molecule has 1 aromatic heterocycles. The Morgan fingerprint density at radius 1 is 1.35 bits per heavy atom. The van der Waals surface area contributed by atoms with Crippen molar-refractivity contribution in [3.63, 3.8) is 0 Å². The summed E-state index contributed by atoms with van der Waals surface area (Å²) >= 11 is 0. The van der Waals surface area contributed by atoms with Crippen molar-refractivity contribution in [2.45, 2.75) is 25.5 Å². The zero-order valence-electron chi connectivity index (χ0n) is 12.7. The average molecular weight is 314 g/mol. The van der Waals surface area contributed by atoms with Gasteiger partial charge in [0.25, 0.3) is 0 Å². The second-order valence-electron chi connectivity index (χ2n) is 5.45. The van der Waals surface area contributed by atoms with Crippen LogP contribution in [0.25, 0.3) is 0 Å². The highest BCUT2D eigenvalue weighted by molar-refractivity contribution is 5.95. The molecule has 1 fully saturated rings. The minimum Gasteiger partial charge on any atom is -0.424 e. The minimum atomic E-state index is -0.462. The van der Waals surface area contributed by atoms with Gasteiger partial charge < -0.3 is 20.5 Å². The molecule has 0 bridgehead atoms. The van der Waals surface area contributed by atoms with Crippen molar-refractivity contribution in [3.8, 4) is 11.8 Å². The number of rotatable bonds is 4. The smallest absolute Gasteiger partial charge is 0.322 e. The summed E-state index contributed by atoms with van der Waals surface area (Å²) in [5.74, 6) is 0.431. The standard InChI is InChI=1S/C16H18N4O3/c1-10-6-7-17-16(19-10)23-13-4-2-11(3-5-13)20-15(22)14-8-12(21)9-18-14/h2-7,12,14,18,21H,8-9H2,1H3,(H,20,22). The Hall–Kier alpha value is -2.51. The molecule has 1 aromatic carbocycles. The number of aryl methyl sites for hydroxylation is 1. The first-order chi connectivity index (χ1) is 11.1. The summed E-state index contributed by atoms with van der Waals surface area (Å²) in [7, 11) is 0. The Morgan fingerprint density at radius 3 is 2.78 bits per heavy atom. The lowest BCUT2D eigenvalue weighted by Gasteiger charge is -2.11. The number of aliphatic hydroxyl groups is 1. The molecular formula is C16H18N4O3. The maximum absolute atomic E-state index is 12.0. The van der Waals surface area contributed by atoms with E-state index >= 15 is 0 Å². The van der Waals surface area contributed by atoms with Crippen molar-refractivity contribution in [3.05, 3.63) is 42.2 Å². The minimum absolute atomic E-state index is 0.155. The number of carbonyl (C=O) groups excluding carboxylic acids is 1. The first-order valence-electron chi connectivity index (χ1n) is 7.40. The zero-order valence-corrected chi connectivity index (χ0v) is 12.7. The molecule has 3 rings (SSSR count). The molecular weight excluding hydrogens is 296 g/mol. The lowest BCUT2D eigenvalue weighted by Crippen LogP contribution is -2.35. The molecule has 7 heteroatoms. The molecule has 120 valence electrons. The summed E-state index contributed by atoms with van der Waals surface area (Å²) < 4.78 is 5.55. The van der Waals surface area contributed by atoms with Crippen LogP contribution < -0.4 is 15.4 Å². The molecule has 0 saturated carbocycles. The van der Waals surface area contributed by atoms with Gasteiger partial charge in [-0.15, -0.1) is 0 Å². The SMILES string of the molecule is Cc1ccnc(Oc2ccc(NC(=O)C3CC(O)CN3)cc2)n1. The second kappa shape index (κ2) is 6.72. The fourth-order valence-electron chi connectivity index (χ4n) is 2.33. The third-order valence-electron chi connectivity index (χ3n) is 3.53. The fraction of sp³-hybridized carbons (Fsp3) is 0.312. The number of carbonyl (C=O) groups is 1. The number of amides is 1. The van der Waals surface area contributed by atoms with E-state index in [4.69, 9.17) is 4.74 Å². The monoisotopic (exact) mass is 314 g/mol. The van der Waals surface area contributed by atoms with E-state index in [0.717, 1.165) is 5.69 Å². The number of aliphatic hydroxyl groups excluding tert-OH is 1. The maximum atomic E-state index is 12.0. The Balaban J connectivity index is 1.59. The van der Waals surface area contributed by atoms with Crippen molar-refractivity contribution in [1.29, 1.82) is 0 Å². The molecule has 7 nitrogen and oxygen atoms in total. The number of nitrogens with one attached hydrogen (secondary N) is 2. The molecule has 2 unspecified atom stereocenters. The summed E-state index contributed by atoms with van der Waals surface area (Å²) in [6.45, 7) is 2.31. The van der Waals surface area contributed by atoms with Gasteiger partial charge >= 0.3 is 6.01 Å². The number of β-amino-alcohol motifs (C(OH)–C–C–N with tert-alkyl or cyclic N) is 1.